The Morgan fingerprint density at radius 1 is 1.29 bits per heavy atom. The average molecular weight is 463 g/mol. The van der Waals surface area contributed by atoms with Gasteiger partial charge >= 0.3 is 6.03 Å². The van der Waals surface area contributed by atoms with Crippen molar-refractivity contribution < 1.29 is 18.4 Å². The summed E-state index contributed by atoms with van der Waals surface area (Å²) in [5.41, 5.74) is -0.168. The molecule has 2 aromatic rings. The zero-order valence-corrected chi connectivity index (χ0v) is 18.1. The van der Waals surface area contributed by atoms with E-state index in [0.717, 1.165) is 42.1 Å². The summed E-state index contributed by atoms with van der Waals surface area (Å²) in [5, 5.41) is 17.4. The van der Waals surface area contributed by atoms with Gasteiger partial charge < -0.3 is 10.6 Å². The molecule has 4 rings (SSSR count). The Kier molecular flexibility index (Phi) is 6.53. The fourth-order valence-electron chi connectivity index (χ4n) is 3.97. The van der Waals surface area contributed by atoms with Crippen LogP contribution in [0.2, 0.25) is 0 Å². The molecule has 2 aliphatic rings. The van der Waals surface area contributed by atoms with Crippen LogP contribution in [0.4, 0.5) is 13.6 Å². The van der Waals surface area contributed by atoms with Crippen LogP contribution in [0, 0.1) is 23.0 Å². The number of ketones is 1. The zero-order valence-electron chi connectivity index (χ0n) is 16.4. The number of unbranched alkanes of at least 4 members (excludes halogenated alkanes) is 1. The number of Topliss-reactive ketones (excluding diaryl/α,β-unsaturated/α-hetero) is 1. The van der Waals surface area contributed by atoms with Crippen LogP contribution in [-0.4, -0.2) is 39.9 Å². The highest BCUT2D eigenvalue weighted by molar-refractivity contribution is 8.00. The lowest BCUT2D eigenvalue weighted by atomic mass is 9.98. The van der Waals surface area contributed by atoms with Crippen molar-refractivity contribution in [2.75, 3.05) is 5.75 Å². The van der Waals surface area contributed by atoms with Crippen LogP contribution in [0.1, 0.15) is 36.6 Å². The van der Waals surface area contributed by atoms with E-state index < -0.39 is 17.6 Å². The Morgan fingerprint density at radius 3 is 2.81 bits per heavy atom. The highest BCUT2D eigenvalue weighted by atomic mass is 32.2. The van der Waals surface area contributed by atoms with Crippen LogP contribution in [0.15, 0.2) is 23.6 Å². The van der Waals surface area contributed by atoms with Gasteiger partial charge in [-0.1, -0.05) is 12.5 Å². The van der Waals surface area contributed by atoms with Crippen LogP contribution in [-0.2, 0) is 4.79 Å². The second-order valence-corrected chi connectivity index (χ2v) is 9.73. The van der Waals surface area contributed by atoms with Gasteiger partial charge in [0.25, 0.3) is 0 Å². The molecule has 31 heavy (non-hydrogen) atoms. The van der Waals surface area contributed by atoms with Gasteiger partial charge in [0.2, 0.25) is 0 Å². The number of benzene rings is 1. The van der Waals surface area contributed by atoms with Crippen LogP contribution in [0.3, 0.4) is 0 Å². The molecule has 1 aromatic heterocycles. The second kappa shape index (κ2) is 9.32. The fourth-order valence-corrected chi connectivity index (χ4v) is 6.39. The van der Waals surface area contributed by atoms with E-state index in [0.29, 0.717) is 11.7 Å². The fraction of sp³-hybridized carbons (Fsp3) is 0.429. The first-order valence-corrected chi connectivity index (χ1v) is 11.9. The topological polar surface area (TPSA) is 94.9 Å². The van der Waals surface area contributed by atoms with Crippen molar-refractivity contribution in [3.63, 3.8) is 0 Å². The molecule has 2 saturated heterocycles. The lowest BCUT2D eigenvalue weighted by Crippen LogP contribution is -2.36. The summed E-state index contributed by atoms with van der Waals surface area (Å²) in [5.74, 6) is -1.88. The summed E-state index contributed by atoms with van der Waals surface area (Å²) in [6.07, 6.45) is 2.56. The third kappa shape index (κ3) is 4.57. The SMILES string of the molecule is N#C[C@H](C(=O)CCCC[C@@H]1SC[C@H]2NC(=O)N[C@H]12)c1nc(-c2c(F)cccc2F)cs1. The van der Waals surface area contributed by atoms with Gasteiger partial charge in [-0.15, -0.1) is 11.3 Å². The minimum atomic E-state index is -1.04. The number of amides is 2. The number of hydrogen-bond donors (Lipinski definition) is 2. The van der Waals surface area contributed by atoms with Crippen molar-refractivity contribution in [1.82, 2.24) is 15.6 Å². The van der Waals surface area contributed by atoms with Crippen molar-refractivity contribution in [2.24, 2.45) is 0 Å². The zero-order chi connectivity index (χ0) is 22.0. The highest BCUT2D eigenvalue weighted by Gasteiger charge is 2.42. The van der Waals surface area contributed by atoms with Gasteiger partial charge in [0.15, 0.2) is 11.7 Å². The first-order valence-electron chi connectivity index (χ1n) is 9.98. The predicted octanol–water partition coefficient (Wildman–Crippen LogP) is 3.99. The van der Waals surface area contributed by atoms with Crippen molar-refractivity contribution in [3.05, 3.63) is 40.2 Å². The molecule has 0 radical (unpaired) electrons. The minimum absolute atomic E-state index is 0.0867. The van der Waals surface area contributed by atoms with Crippen LogP contribution in [0.25, 0.3) is 11.3 Å². The molecule has 2 amide bonds. The number of thiazole rings is 1. The van der Waals surface area contributed by atoms with Crippen molar-refractivity contribution in [2.45, 2.75) is 48.9 Å². The molecule has 0 aliphatic carbocycles. The molecule has 4 atom stereocenters. The third-order valence-corrected chi connectivity index (χ3v) is 7.96. The smallest absolute Gasteiger partial charge is 0.315 e. The normalized spacial score (nSPS) is 23.0. The van der Waals surface area contributed by atoms with E-state index in [4.69, 9.17) is 0 Å². The van der Waals surface area contributed by atoms with Crippen LogP contribution < -0.4 is 10.6 Å². The Morgan fingerprint density at radius 2 is 2.06 bits per heavy atom. The van der Waals surface area contributed by atoms with Gasteiger partial charge in [-0.25, -0.2) is 18.6 Å². The van der Waals surface area contributed by atoms with Gasteiger partial charge in [0.05, 0.1) is 29.4 Å². The van der Waals surface area contributed by atoms with E-state index in [1.807, 2.05) is 17.8 Å². The average Bonchev–Trinajstić information content (AvgIpc) is 3.43. The quantitative estimate of drug-likeness (QED) is 0.457. The molecular formula is C21H20F2N4O2S2. The molecular weight excluding hydrogens is 442 g/mol. The molecule has 0 spiro atoms. The number of nitrogens with zero attached hydrogens (tertiary/aromatic N) is 2. The molecule has 2 aliphatic heterocycles. The van der Waals surface area contributed by atoms with Gasteiger partial charge in [-0.2, -0.15) is 17.0 Å². The van der Waals surface area contributed by atoms with E-state index in [-0.39, 0.29) is 46.6 Å². The number of thioether (sulfide) groups is 1. The number of nitriles is 1. The second-order valence-electron chi connectivity index (χ2n) is 7.56. The summed E-state index contributed by atoms with van der Waals surface area (Å²) in [4.78, 5) is 28.2. The molecule has 3 heterocycles. The standard InChI is InChI=1S/C21H20F2N4O2S2/c22-12-4-3-5-13(23)18(12)14-9-31-20(25-14)11(8-24)16(28)6-1-2-7-17-19-15(10-30-17)26-21(29)27-19/h3-5,9,11,15,17,19H,1-2,6-7,10H2,(H2,26,27,29)/t11-,15-,17+,19+/m1/s1. The first-order chi connectivity index (χ1) is 15.0. The lowest BCUT2D eigenvalue weighted by Gasteiger charge is -2.16. The maximum Gasteiger partial charge on any atom is 0.315 e. The van der Waals surface area contributed by atoms with Crippen LogP contribution in [0.5, 0.6) is 0 Å². The maximum absolute atomic E-state index is 14.0. The van der Waals surface area contributed by atoms with Crippen molar-refractivity contribution in [1.29, 1.82) is 5.26 Å². The molecule has 0 unspecified atom stereocenters. The van der Waals surface area contributed by atoms with Gasteiger partial charge in [0.1, 0.15) is 16.6 Å². The summed E-state index contributed by atoms with van der Waals surface area (Å²) in [7, 11) is 0. The van der Waals surface area contributed by atoms with E-state index in [1.165, 1.54) is 11.4 Å². The van der Waals surface area contributed by atoms with Gasteiger partial charge in [0, 0.05) is 22.8 Å². The van der Waals surface area contributed by atoms with E-state index >= 15 is 0 Å². The number of nitrogens with one attached hydrogen (secondary N) is 2. The molecule has 10 heteroatoms. The summed E-state index contributed by atoms with van der Waals surface area (Å²) in [6, 6.07) is 5.71. The number of aromatic nitrogens is 1. The predicted molar refractivity (Wildman–Crippen MR) is 115 cm³/mol. The Labute approximate surface area is 186 Å². The largest absolute Gasteiger partial charge is 0.332 e. The van der Waals surface area contributed by atoms with Gasteiger partial charge in [-0.05, 0) is 25.0 Å². The van der Waals surface area contributed by atoms with E-state index in [1.54, 1.807) is 0 Å². The highest BCUT2D eigenvalue weighted by Crippen LogP contribution is 2.34. The Bertz CT molecular complexity index is 1020. The summed E-state index contributed by atoms with van der Waals surface area (Å²) >= 11 is 2.88. The van der Waals surface area contributed by atoms with Gasteiger partial charge in [-0.3, -0.25) is 4.79 Å². The molecule has 2 fully saturated rings. The lowest BCUT2D eigenvalue weighted by molar-refractivity contribution is -0.119. The van der Waals surface area contributed by atoms with E-state index in [2.05, 4.69) is 15.6 Å². The molecule has 0 saturated carbocycles. The molecule has 6 nitrogen and oxygen atoms in total. The Hall–Kier alpha value is -2.51. The maximum atomic E-state index is 14.0. The number of hydrogen-bond acceptors (Lipinski definition) is 6. The minimum Gasteiger partial charge on any atom is -0.332 e. The number of fused-ring (bicyclic) bond motifs is 1. The van der Waals surface area contributed by atoms with Crippen molar-refractivity contribution in [3.8, 4) is 17.3 Å². The number of rotatable bonds is 8. The van der Waals surface area contributed by atoms with E-state index in [9.17, 15) is 23.6 Å². The molecule has 0 bridgehead atoms. The monoisotopic (exact) mass is 462 g/mol. The first kappa shape index (κ1) is 21.7. The molecule has 2 N–H and O–H groups in total. The number of urea groups is 1. The Balaban J connectivity index is 1.32. The number of carbonyl (C=O) groups excluding carboxylic acids is 2. The summed E-state index contributed by atoms with van der Waals surface area (Å²) < 4.78 is 28.0. The van der Waals surface area contributed by atoms with Crippen LogP contribution >= 0.6 is 23.1 Å². The molecule has 1 aromatic carbocycles. The summed E-state index contributed by atoms with van der Waals surface area (Å²) in [6.45, 7) is 0. The number of halogens is 2. The third-order valence-electron chi connectivity index (χ3n) is 5.54. The number of carbonyl (C=O) groups is 2. The molecule has 162 valence electrons. The van der Waals surface area contributed by atoms with Crippen molar-refractivity contribution >= 4 is 34.9 Å².